The molecule has 192 valence electrons. The molecule has 0 saturated carbocycles. The van der Waals surface area contributed by atoms with E-state index in [9.17, 15) is 19.7 Å². The first-order valence-electron chi connectivity index (χ1n) is 10.6. The minimum absolute atomic E-state index is 0. The molecule has 3 aromatic carbocycles. The fraction of sp³-hybridized carbons (Fsp3) is 0.0714. The Hall–Kier alpha value is -5.54. The van der Waals surface area contributed by atoms with Crippen molar-refractivity contribution in [3.63, 3.8) is 0 Å². The predicted octanol–water partition coefficient (Wildman–Crippen LogP) is 5.19. The first-order valence-corrected chi connectivity index (χ1v) is 10.6. The Morgan fingerprint density at radius 2 is 1.22 bits per heavy atom. The van der Waals surface area contributed by atoms with Crippen molar-refractivity contribution in [2.45, 2.75) is 0 Å². The highest BCUT2D eigenvalue weighted by Gasteiger charge is 2.10. The van der Waals surface area contributed by atoms with Gasteiger partial charge in [-0.05, 0) is 64.7 Å². The Bertz CT molecular complexity index is 1320. The number of hydrogen-bond acceptors (Lipinski definition) is 8. The highest BCUT2D eigenvalue weighted by Crippen LogP contribution is 2.29. The van der Waals surface area contributed by atoms with Crippen LogP contribution in [0.3, 0.4) is 0 Å². The molecule has 0 aromatic heterocycles. The lowest BCUT2D eigenvalue weighted by Crippen LogP contribution is -2.12. The number of terminal acetylenes is 2. The molecule has 3 aromatic rings. The number of ether oxygens (including phenoxy) is 4. The number of nitro benzene ring substituents is 1. The normalized spacial score (nSPS) is 9.68. The van der Waals surface area contributed by atoms with Gasteiger partial charge >= 0.3 is 11.9 Å². The third-order valence-corrected chi connectivity index (χ3v) is 4.80. The molecule has 37 heavy (non-hydrogen) atoms. The predicted molar refractivity (Wildman–Crippen MR) is 142 cm³/mol. The van der Waals surface area contributed by atoms with Crippen molar-refractivity contribution in [2.75, 3.05) is 13.2 Å². The van der Waals surface area contributed by atoms with Crippen molar-refractivity contribution in [2.24, 2.45) is 0 Å². The number of benzene rings is 3. The van der Waals surface area contributed by atoms with Crippen LogP contribution in [-0.2, 0) is 19.1 Å². The van der Waals surface area contributed by atoms with Crippen LogP contribution in [0.5, 0.6) is 11.5 Å². The maximum Gasteiger partial charge on any atom is 0.358 e. The molecule has 0 N–H and O–H groups in total. The average molecular weight is 506 g/mol. The smallest absolute Gasteiger partial charge is 0.358 e. The molecule has 0 unspecified atom stereocenters. The van der Waals surface area contributed by atoms with E-state index in [1.165, 1.54) is 12.1 Å². The number of carbonyl (C=O) groups is 2. The van der Waals surface area contributed by atoms with Gasteiger partial charge in [0.05, 0.1) is 4.92 Å². The van der Waals surface area contributed by atoms with Crippen molar-refractivity contribution in [3.05, 3.63) is 99.6 Å². The summed E-state index contributed by atoms with van der Waals surface area (Å²) in [5, 5.41) is 11.0. The number of non-ortho nitro benzene ring substituents is 1. The van der Waals surface area contributed by atoms with Crippen molar-refractivity contribution >= 4 is 29.3 Å². The number of rotatable bonds is 10. The number of nitro groups is 1. The summed E-state index contributed by atoms with van der Waals surface area (Å²) in [4.78, 5) is 33.3. The summed E-state index contributed by atoms with van der Waals surface area (Å²) >= 11 is 0. The average Bonchev–Trinajstić information content (AvgIpc) is 2.91. The Labute approximate surface area is 218 Å². The Balaban J connectivity index is 0. The second-order valence-corrected chi connectivity index (χ2v) is 7.22. The van der Waals surface area contributed by atoms with Crippen LogP contribution in [0.4, 0.5) is 5.69 Å². The fourth-order valence-corrected chi connectivity index (χ4v) is 3.13. The molecule has 0 aliphatic heterocycles. The maximum absolute atomic E-state index is 11.4. The SMILES string of the molecule is C#COC(=O)COc1ccc(C(=Cc2ccc([N+](=O)[O-])cc2)c2ccc(OCC(=O)OC#C)cc2)cc1.[HH].[HH].[HH].[HH]. The molecule has 0 bridgehead atoms. The molecule has 3 rings (SSSR count). The lowest BCUT2D eigenvalue weighted by molar-refractivity contribution is -0.384. The van der Waals surface area contributed by atoms with Crippen LogP contribution in [0.2, 0.25) is 0 Å². The van der Waals surface area contributed by atoms with Gasteiger partial charge in [0, 0.05) is 17.8 Å². The Morgan fingerprint density at radius 1 is 0.784 bits per heavy atom. The summed E-state index contributed by atoms with van der Waals surface area (Å²) in [7, 11) is 0. The molecule has 0 atom stereocenters. The molecule has 0 fully saturated rings. The van der Waals surface area contributed by atoms with Gasteiger partial charge in [-0.25, -0.2) is 9.59 Å². The Kier molecular flexibility index (Phi) is 9.01. The molecular weight excluding hydrogens is 478 g/mol. The van der Waals surface area contributed by atoms with Crippen molar-refractivity contribution in [1.82, 2.24) is 0 Å². The molecule has 0 heterocycles. The van der Waals surface area contributed by atoms with Crippen LogP contribution < -0.4 is 9.47 Å². The van der Waals surface area contributed by atoms with Gasteiger partial charge in [-0.3, -0.25) is 10.1 Å². The summed E-state index contributed by atoms with van der Waals surface area (Å²) in [6, 6.07) is 20.0. The van der Waals surface area contributed by atoms with Gasteiger partial charge in [0.15, 0.2) is 13.2 Å². The third-order valence-electron chi connectivity index (χ3n) is 4.80. The summed E-state index contributed by atoms with van der Waals surface area (Å²) < 4.78 is 19.5. The van der Waals surface area contributed by atoms with E-state index in [0.29, 0.717) is 11.5 Å². The molecule has 0 radical (unpaired) electrons. The molecular formula is C28H27NO8. The topological polar surface area (TPSA) is 114 Å². The lowest BCUT2D eigenvalue weighted by atomic mass is 9.95. The van der Waals surface area contributed by atoms with E-state index < -0.39 is 16.9 Å². The van der Waals surface area contributed by atoms with Gasteiger partial charge in [0.25, 0.3) is 5.69 Å². The van der Waals surface area contributed by atoms with E-state index in [4.69, 9.17) is 22.3 Å². The zero-order chi connectivity index (χ0) is 26.6. The van der Waals surface area contributed by atoms with Gasteiger partial charge in [-0.15, -0.1) is 0 Å². The van der Waals surface area contributed by atoms with E-state index in [1.807, 2.05) is 6.08 Å². The van der Waals surface area contributed by atoms with Gasteiger partial charge < -0.3 is 18.9 Å². The van der Waals surface area contributed by atoms with Gasteiger partial charge in [0.2, 0.25) is 0 Å². The second-order valence-electron chi connectivity index (χ2n) is 7.22. The third kappa shape index (κ3) is 7.74. The van der Waals surface area contributed by atoms with Crippen molar-refractivity contribution in [3.8, 4) is 36.6 Å². The van der Waals surface area contributed by atoms with Crippen LogP contribution in [0, 0.1) is 35.2 Å². The maximum atomic E-state index is 11.4. The van der Waals surface area contributed by atoms with Crippen LogP contribution in [-0.4, -0.2) is 30.1 Å². The fourth-order valence-electron chi connectivity index (χ4n) is 3.13. The summed E-state index contributed by atoms with van der Waals surface area (Å²) in [6.07, 6.45) is 15.3. The van der Waals surface area contributed by atoms with Crippen LogP contribution in [0.1, 0.15) is 22.4 Å². The standard InChI is InChI=1S/C28H19NO8.4H2/c1-3-34-27(30)18-36-24-13-7-21(8-14-24)26(17-20-5-11-23(12-6-20)29(32)33)22-9-15-25(16-10-22)37-19-28(31)35-4-2;;;;/h1-2,5-17H,18-19H2;4*1H. The van der Waals surface area contributed by atoms with E-state index in [2.05, 4.69) is 9.47 Å². The van der Waals surface area contributed by atoms with Gasteiger partial charge in [-0.2, -0.15) is 0 Å². The van der Waals surface area contributed by atoms with E-state index in [1.54, 1.807) is 72.9 Å². The summed E-state index contributed by atoms with van der Waals surface area (Å²) in [6.45, 7) is -0.684. The van der Waals surface area contributed by atoms with Crippen molar-refractivity contribution < 1.29 is 39.2 Å². The molecule has 0 aliphatic carbocycles. The highest BCUT2D eigenvalue weighted by molar-refractivity contribution is 5.91. The van der Waals surface area contributed by atoms with E-state index in [-0.39, 0.29) is 24.6 Å². The van der Waals surface area contributed by atoms with Crippen LogP contribution in [0.15, 0.2) is 72.8 Å². The molecule has 9 nitrogen and oxygen atoms in total. The number of nitrogens with zero attached hydrogens (tertiary/aromatic N) is 1. The Morgan fingerprint density at radius 3 is 1.59 bits per heavy atom. The molecule has 0 aliphatic rings. The largest absolute Gasteiger partial charge is 0.482 e. The molecule has 9 heteroatoms. The highest BCUT2D eigenvalue weighted by atomic mass is 16.6. The van der Waals surface area contributed by atoms with Gasteiger partial charge in [-0.1, -0.05) is 37.1 Å². The van der Waals surface area contributed by atoms with E-state index in [0.717, 1.165) is 22.3 Å². The molecule has 0 amide bonds. The van der Waals surface area contributed by atoms with Crippen LogP contribution >= 0.6 is 0 Å². The monoisotopic (exact) mass is 505 g/mol. The quantitative estimate of drug-likeness (QED) is 0.122. The minimum Gasteiger partial charge on any atom is -0.482 e. The zero-order valence-electron chi connectivity index (χ0n) is 19.3. The molecule has 0 saturated heterocycles. The zero-order valence-corrected chi connectivity index (χ0v) is 19.3. The van der Waals surface area contributed by atoms with Gasteiger partial charge in [0.1, 0.15) is 23.7 Å². The van der Waals surface area contributed by atoms with E-state index >= 15 is 0 Å². The first-order chi connectivity index (χ1) is 17.9. The lowest BCUT2D eigenvalue weighted by Gasteiger charge is -2.12. The van der Waals surface area contributed by atoms with Crippen LogP contribution in [0.25, 0.3) is 11.6 Å². The number of esters is 2. The second kappa shape index (κ2) is 12.8. The van der Waals surface area contributed by atoms with Crippen molar-refractivity contribution in [1.29, 1.82) is 0 Å². The minimum atomic E-state index is -0.694. The first kappa shape index (κ1) is 26.1. The summed E-state index contributed by atoms with van der Waals surface area (Å²) in [5.74, 6) is -0.537. The molecule has 0 spiro atoms. The summed E-state index contributed by atoms with van der Waals surface area (Å²) in [5.41, 5.74) is 3.08. The number of hydrogen-bond donors (Lipinski definition) is 0. The number of carbonyl (C=O) groups excluding carboxylic acids is 2.